The number of hydrogen-bond acceptors (Lipinski definition) is 6. The first-order valence-electron chi connectivity index (χ1n) is 10.8. The summed E-state index contributed by atoms with van der Waals surface area (Å²) in [5, 5.41) is 18.7. The second-order valence-electron chi connectivity index (χ2n) is 8.45. The first-order chi connectivity index (χ1) is 14.7. The van der Waals surface area contributed by atoms with Crippen LogP contribution in [-0.2, 0) is 6.54 Å². The van der Waals surface area contributed by atoms with E-state index in [1.54, 1.807) is 10.7 Å². The van der Waals surface area contributed by atoms with Crippen molar-refractivity contribution in [3.63, 3.8) is 0 Å². The molecule has 3 aromatic rings. The van der Waals surface area contributed by atoms with E-state index in [4.69, 9.17) is 0 Å². The van der Waals surface area contributed by atoms with Crippen molar-refractivity contribution < 1.29 is 5.11 Å². The van der Waals surface area contributed by atoms with Crippen LogP contribution in [0.4, 0.5) is 5.69 Å². The molecule has 30 heavy (non-hydrogen) atoms. The van der Waals surface area contributed by atoms with Gasteiger partial charge in [-0.25, -0.2) is 9.20 Å². The van der Waals surface area contributed by atoms with E-state index in [0.717, 1.165) is 69.6 Å². The lowest BCUT2D eigenvalue weighted by molar-refractivity contribution is 0.145. The molecule has 0 saturated carbocycles. The third kappa shape index (κ3) is 3.85. The van der Waals surface area contributed by atoms with E-state index in [1.807, 2.05) is 35.2 Å². The largest absolute Gasteiger partial charge is 0.393 e. The normalized spacial score (nSPS) is 21.4. The minimum absolute atomic E-state index is 0.0403. The van der Waals surface area contributed by atoms with Gasteiger partial charge in [-0.15, -0.1) is 0 Å². The molecule has 1 atom stereocenters. The van der Waals surface area contributed by atoms with Crippen LogP contribution in [0.3, 0.4) is 0 Å². The van der Waals surface area contributed by atoms with Crippen molar-refractivity contribution in [1.82, 2.24) is 24.3 Å². The number of pyridine rings is 1. The summed E-state index contributed by atoms with van der Waals surface area (Å²) in [6, 6.07) is 7.90. The third-order valence-electron chi connectivity index (χ3n) is 6.37. The number of fused-ring (bicyclic) bond motifs is 1. The highest BCUT2D eigenvalue weighted by atomic mass is 16.3. The number of aliphatic hydroxyl groups is 1. The fourth-order valence-electron chi connectivity index (χ4n) is 4.70. The molecule has 8 nitrogen and oxygen atoms in total. The lowest BCUT2D eigenvalue weighted by Gasteiger charge is -2.33. The van der Waals surface area contributed by atoms with Crippen molar-refractivity contribution in [1.29, 1.82) is 0 Å². The van der Waals surface area contributed by atoms with Crippen molar-refractivity contribution >= 4 is 11.2 Å². The SMILES string of the molecule is O=c1cc(N2CCC(O)CC2)cnn1C1CCCN(Cc2cnn3ccccc23)C1. The topological polar surface area (TPSA) is 78.9 Å². The van der Waals surface area contributed by atoms with E-state index >= 15 is 0 Å². The van der Waals surface area contributed by atoms with Gasteiger partial charge in [-0.05, 0) is 44.4 Å². The second kappa shape index (κ2) is 8.20. The molecule has 2 aliphatic rings. The zero-order chi connectivity index (χ0) is 20.5. The first kappa shape index (κ1) is 19.3. The third-order valence-corrected chi connectivity index (χ3v) is 6.37. The predicted molar refractivity (Wildman–Crippen MR) is 115 cm³/mol. The molecular weight excluding hydrogens is 380 g/mol. The van der Waals surface area contributed by atoms with Crippen molar-refractivity contribution in [2.45, 2.75) is 44.4 Å². The van der Waals surface area contributed by atoms with Gasteiger partial charge in [0.1, 0.15) is 0 Å². The Hall–Kier alpha value is -2.71. The maximum absolute atomic E-state index is 12.8. The molecule has 0 spiro atoms. The van der Waals surface area contributed by atoms with Gasteiger partial charge in [0.15, 0.2) is 0 Å². The van der Waals surface area contributed by atoms with Crippen LogP contribution in [0.5, 0.6) is 0 Å². The summed E-state index contributed by atoms with van der Waals surface area (Å²) >= 11 is 0. The van der Waals surface area contributed by atoms with Gasteiger partial charge in [-0.3, -0.25) is 9.69 Å². The number of anilines is 1. The molecule has 3 aromatic heterocycles. The van der Waals surface area contributed by atoms with Crippen LogP contribution in [0.1, 0.15) is 37.3 Å². The van der Waals surface area contributed by atoms with Gasteiger partial charge in [0, 0.05) is 44.0 Å². The van der Waals surface area contributed by atoms with Gasteiger partial charge < -0.3 is 10.0 Å². The molecule has 2 saturated heterocycles. The van der Waals surface area contributed by atoms with Crippen LogP contribution in [0.2, 0.25) is 0 Å². The standard InChI is InChI=1S/C22H28N6O2/c29-20-6-10-26(11-7-20)19-12-22(30)28(24-14-19)18-4-3-8-25(16-18)15-17-13-23-27-9-2-1-5-21(17)27/h1-2,5,9,12-14,18,20,29H,3-4,6-8,10-11,15-16H2. The fourth-order valence-corrected chi connectivity index (χ4v) is 4.70. The summed E-state index contributed by atoms with van der Waals surface area (Å²) in [5.74, 6) is 0. The Labute approximate surface area is 175 Å². The molecule has 0 amide bonds. The number of piperidine rings is 2. The molecule has 2 fully saturated rings. The Morgan fingerprint density at radius 2 is 1.93 bits per heavy atom. The van der Waals surface area contributed by atoms with E-state index < -0.39 is 0 Å². The predicted octanol–water partition coefficient (Wildman–Crippen LogP) is 1.69. The van der Waals surface area contributed by atoms with Gasteiger partial charge in [0.2, 0.25) is 0 Å². The Morgan fingerprint density at radius 1 is 1.07 bits per heavy atom. The number of likely N-dealkylation sites (tertiary alicyclic amines) is 1. The van der Waals surface area contributed by atoms with E-state index in [1.165, 1.54) is 5.56 Å². The zero-order valence-corrected chi connectivity index (χ0v) is 17.1. The average molecular weight is 409 g/mol. The Bertz CT molecular complexity index is 1070. The van der Waals surface area contributed by atoms with Crippen LogP contribution < -0.4 is 10.5 Å². The first-order valence-corrected chi connectivity index (χ1v) is 10.8. The monoisotopic (exact) mass is 408 g/mol. The second-order valence-corrected chi connectivity index (χ2v) is 8.45. The number of rotatable bonds is 4. The van der Waals surface area contributed by atoms with Crippen molar-refractivity contribution in [3.05, 3.63) is 58.8 Å². The quantitative estimate of drug-likeness (QED) is 0.708. The van der Waals surface area contributed by atoms with Crippen LogP contribution >= 0.6 is 0 Å². The molecule has 5 rings (SSSR count). The van der Waals surface area contributed by atoms with Gasteiger partial charge in [0.25, 0.3) is 5.56 Å². The van der Waals surface area contributed by atoms with Gasteiger partial charge >= 0.3 is 0 Å². The summed E-state index contributed by atoms with van der Waals surface area (Å²) in [6.07, 6.45) is 8.98. The summed E-state index contributed by atoms with van der Waals surface area (Å²) < 4.78 is 3.56. The molecular formula is C22H28N6O2. The minimum atomic E-state index is -0.226. The summed E-state index contributed by atoms with van der Waals surface area (Å²) in [7, 11) is 0. The van der Waals surface area contributed by atoms with E-state index in [9.17, 15) is 9.90 Å². The lowest BCUT2D eigenvalue weighted by Crippen LogP contribution is -2.41. The average Bonchev–Trinajstić information content (AvgIpc) is 3.17. The number of nitrogens with zero attached hydrogens (tertiary/aromatic N) is 6. The lowest BCUT2D eigenvalue weighted by atomic mass is 10.0. The Balaban J connectivity index is 1.29. The van der Waals surface area contributed by atoms with Crippen LogP contribution in [0.25, 0.3) is 5.52 Å². The van der Waals surface area contributed by atoms with E-state index in [-0.39, 0.29) is 17.7 Å². The fraction of sp³-hybridized carbons (Fsp3) is 0.500. The van der Waals surface area contributed by atoms with Crippen LogP contribution in [0.15, 0.2) is 47.7 Å². The van der Waals surface area contributed by atoms with Crippen LogP contribution in [-0.4, -0.2) is 61.7 Å². The van der Waals surface area contributed by atoms with Crippen molar-refractivity contribution in [2.24, 2.45) is 0 Å². The summed E-state index contributed by atoms with van der Waals surface area (Å²) in [6.45, 7) is 4.19. The molecule has 158 valence electrons. The van der Waals surface area contributed by atoms with Gasteiger partial charge in [-0.2, -0.15) is 10.2 Å². The highest BCUT2D eigenvalue weighted by molar-refractivity contribution is 5.53. The molecule has 0 radical (unpaired) electrons. The van der Waals surface area contributed by atoms with Crippen molar-refractivity contribution in [2.75, 3.05) is 31.1 Å². The summed E-state index contributed by atoms with van der Waals surface area (Å²) in [5.41, 5.74) is 3.16. The molecule has 1 N–H and O–H groups in total. The van der Waals surface area contributed by atoms with E-state index in [0.29, 0.717) is 0 Å². The highest BCUT2D eigenvalue weighted by Crippen LogP contribution is 2.23. The molecule has 5 heterocycles. The molecule has 0 aliphatic carbocycles. The Kier molecular flexibility index (Phi) is 5.26. The molecule has 0 bridgehead atoms. The van der Waals surface area contributed by atoms with Crippen molar-refractivity contribution in [3.8, 4) is 0 Å². The molecule has 2 aliphatic heterocycles. The molecule has 0 aromatic carbocycles. The zero-order valence-electron chi connectivity index (χ0n) is 17.1. The highest BCUT2D eigenvalue weighted by Gasteiger charge is 2.25. The maximum Gasteiger partial charge on any atom is 0.269 e. The Morgan fingerprint density at radius 3 is 2.77 bits per heavy atom. The van der Waals surface area contributed by atoms with Crippen LogP contribution in [0, 0.1) is 0 Å². The number of aromatic nitrogens is 4. The maximum atomic E-state index is 12.8. The van der Waals surface area contributed by atoms with Gasteiger partial charge in [-0.1, -0.05) is 6.07 Å². The summed E-state index contributed by atoms with van der Waals surface area (Å²) in [4.78, 5) is 17.4. The molecule has 1 unspecified atom stereocenters. The number of hydrogen-bond donors (Lipinski definition) is 1. The molecule has 8 heteroatoms. The minimum Gasteiger partial charge on any atom is -0.393 e. The number of aliphatic hydroxyl groups excluding tert-OH is 1. The van der Waals surface area contributed by atoms with E-state index in [2.05, 4.69) is 26.1 Å². The van der Waals surface area contributed by atoms with Gasteiger partial charge in [0.05, 0.1) is 35.7 Å². The smallest absolute Gasteiger partial charge is 0.269 e.